The van der Waals surface area contributed by atoms with Crippen LogP contribution in [-0.4, -0.2) is 56.1 Å². The smallest absolute Gasteiger partial charge is 0.410 e. The Morgan fingerprint density at radius 2 is 1.84 bits per heavy atom. The van der Waals surface area contributed by atoms with E-state index in [1.807, 2.05) is 39.0 Å². The van der Waals surface area contributed by atoms with Crippen LogP contribution in [0.15, 0.2) is 60.7 Å². The molecule has 2 amide bonds. The number of nitrogens with zero attached hydrogens (tertiary/aromatic N) is 1. The number of methoxy groups -OCH3 is 1. The van der Waals surface area contributed by atoms with Gasteiger partial charge in [0.15, 0.2) is 11.5 Å². The van der Waals surface area contributed by atoms with E-state index in [1.54, 1.807) is 48.4 Å². The molecule has 0 bridgehead atoms. The van der Waals surface area contributed by atoms with Gasteiger partial charge in [0.1, 0.15) is 22.9 Å². The highest BCUT2D eigenvalue weighted by Gasteiger charge is 2.35. The number of fused-ring (bicyclic) bond motifs is 1. The molecule has 0 aliphatic carbocycles. The molecule has 228 valence electrons. The van der Waals surface area contributed by atoms with Crippen molar-refractivity contribution in [3.8, 4) is 23.0 Å². The second kappa shape index (κ2) is 12.8. The van der Waals surface area contributed by atoms with E-state index in [0.717, 1.165) is 11.1 Å². The van der Waals surface area contributed by atoms with Gasteiger partial charge in [0.25, 0.3) is 5.91 Å². The van der Waals surface area contributed by atoms with Crippen LogP contribution in [0.4, 0.5) is 9.18 Å². The van der Waals surface area contributed by atoms with E-state index in [9.17, 15) is 14.0 Å². The lowest BCUT2D eigenvalue weighted by Crippen LogP contribution is -2.46. The minimum absolute atomic E-state index is 0.0441. The molecule has 0 saturated carbocycles. The number of benzene rings is 3. The second-order valence-electron chi connectivity index (χ2n) is 11.6. The molecule has 10 heteroatoms. The van der Waals surface area contributed by atoms with Crippen molar-refractivity contribution in [2.45, 2.75) is 45.3 Å². The van der Waals surface area contributed by atoms with Gasteiger partial charge in [0, 0.05) is 37.2 Å². The molecule has 0 aromatic heterocycles. The number of likely N-dealkylation sites (tertiary alicyclic amines) is 1. The topological polar surface area (TPSA) is 95.6 Å². The van der Waals surface area contributed by atoms with E-state index in [4.69, 9.17) is 23.7 Å². The van der Waals surface area contributed by atoms with Crippen LogP contribution in [0.5, 0.6) is 23.0 Å². The van der Waals surface area contributed by atoms with Gasteiger partial charge in [-0.15, -0.1) is 0 Å². The van der Waals surface area contributed by atoms with E-state index in [0.29, 0.717) is 42.5 Å². The van der Waals surface area contributed by atoms with Crippen LogP contribution >= 0.6 is 0 Å². The van der Waals surface area contributed by atoms with Crippen LogP contribution in [-0.2, 0) is 11.3 Å². The Morgan fingerprint density at radius 3 is 2.63 bits per heavy atom. The molecule has 2 atom stereocenters. The monoisotopic (exact) mass is 592 g/mol. The van der Waals surface area contributed by atoms with Crippen molar-refractivity contribution in [1.29, 1.82) is 0 Å². The molecule has 1 saturated heterocycles. The summed E-state index contributed by atoms with van der Waals surface area (Å²) in [7, 11) is 1.56. The summed E-state index contributed by atoms with van der Waals surface area (Å²) in [5, 5.41) is 2.81. The fourth-order valence-electron chi connectivity index (χ4n) is 5.37. The number of para-hydroxylation sites is 1. The van der Waals surface area contributed by atoms with Crippen molar-refractivity contribution < 1.29 is 37.7 Å². The summed E-state index contributed by atoms with van der Waals surface area (Å²) in [5.74, 6) is 1.10. The highest BCUT2D eigenvalue weighted by Crippen LogP contribution is 2.38. The summed E-state index contributed by atoms with van der Waals surface area (Å²) in [5.41, 5.74) is 0.907. The first-order valence-electron chi connectivity index (χ1n) is 14.3. The Balaban J connectivity index is 1.34. The summed E-state index contributed by atoms with van der Waals surface area (Å²) >= 11 is 0. The summed E-state index contributed by atoms with van der Waals surface area (Å²) in [4.78, 5) is 27.8. The molecule has 9 nitrogen and oxygen atoms in total. The molecule has 43 heavy (non-hydrogen) atoms. The predicted molar refractivity (Wildman–Crippen MR) is 157 cm³/mol. The van der Waals surface area contributed by atoms with Crippen molar-refractivity contribution in [2.24, 2.45) is 5.92 Å². The summed E-state index contributed by atoms with van der Waals surface area (Å²) < 4.78 is 43.0. The van der Waals surface area contributed by atoms with Crippen LogP contribution in [0.1, 0.15) is 54.6 Å². The highest BCUT2D eigenvalue weighted by atomic mass is 19.1. The zero-order valence-corrected chi connectivity index (χ0v) is 24.9. The third kappa shape index (κ3) is 7.31. The molecule has 2 heterocycles. The SMILES string of the molecule is COc1ccccc1CNC(=O)c1cc([C@@H]2CCN(C(=O)OC(C)(C)C)C[C@H]2COc2ccc3c(c2)OCO3)ccc1F. The predicted octanol–water partition coefficient (Wildman–Crippen LogP) is 5.91. The third-order valence-corrected chi connectivity index (χ3v) is 7.49. The van der Waals surface area contributed by atoms with Gasteiger partial charge in [-0.25, -0.2) is 9.18 Å². The van der Waals surface area contributed by atoms with Crippen molar-refractivity contribution in [1.82, 2.24) is 10.2 Å². The molecular formula is C33H37FN2O7. The first-order valence-corrected chi connectivity index (χ1v) is 14.3. The van der Waals surface area contributed by atoms with Crippen LogP contribution < -0.4 is 24.3 Å². The van der Waals surface area contributed by atoms with Crippen molar-refractivity contribution >= 4 is 12.0 Å². The number of hydrogen-bond acceptors (Lipinski definition) is 7. The lowest BCUT2D eigenvalue weighted by molar-refractivity contribution is 0.0111. The van der Waals surface area contributed by atoms with E-state index in [2.05, 4.69) is 5.32 Å². The zero-order valence-electron chi connectivity index (χ0n) is 24.9. The number of ether oxygens (including phenoxy) is 5. The number of rotatable bonds is 8. The molecule has 3 aromatic rings. The summed E-state index contributed by atoms with van der Waals surface area (Å²) in [6.45, 7) is 6.94. The molecule has 0 unspecified atom stereocenters. The molecule has 2 aliphatic rings. The molecular weight excluding hydrogens is 555 g/mol. The average Bonchev–Trinajstić information content (AvgIpc) is 3.46. The Kier molecular flexibility index (Phi) is 8.94. The fraction of sp³-hybridized carbons (Fsp3) is 0.394. The molecule has 0 radical (unpaired) electrons. The lowest BCUT2D eigenvalue weighted by atomic mass is 9.80. The average molecular weight is 593 g/mol. The number of halogens is 1. The van der Waals surface area contributed by atoms with Gasteiger partial charge in [-0.05, 0) is 69.0 Å². The Bertz CT molecular complexity index is 1470. The fourth-order valence-corrected chi connectivity index (χ4v) is 5.37. The number of amides is 2. The molecule has 1 fully saturated rings. The van der Waals surface area contributed by atoms with Gasteiger partial charge in [-0.2, -0.15) is 0 Å². The molecule has 0 spiro atoms. The second-order valence-corrected chi connectivity index (χ2v) is 11.6. The van der Waals surface area contributed by atoms with Gasteiger partial charge in [0.2, 0.25) is 6.79 Å². The molecule has 5 rings (SSSR count). The van der Waals surface area contributed by atoms with Gasteiger partial charge in [-0.3, -0.25) is 4.79 Å². The maximum absolute atomic E-state index is 15.0. The standard InChI is InChI=1S/C33H37FN2O7/c1-33(2,3)43-32(38)36-14-13-25(23(18-36)19-40-24-10-12-29-30(16-24)42-20-41-29)21-9-11-27(34)26(15-21)31(37)35-17-22-7-5-6-8-28(22)39-4/h5-12,15-16,23,25H,13-14,17-20H2,1-4H3,(H,35,37)/t23-,25-/m0/s1. The number of carbonyl (C=O) groups excluding carboxylic acids is 2. The van der Waals surface area contributed by atoms with Crippen LogP contribution in [0.25, 0.3) is 0 Å². The van der Waals surface area contributed by atoms with Crippen LogP contribution in [0.2, 0.25) is 0 Å². The zero-order chi connectivity index (χ0) is 30.6. The Morgan fingerprint density at radius 1 is 1.05 bits per heavy atom. The number of carbonyl (C=O) groups is 2. The minimum atomic E-state index is -0.630. The van der Waals surface area contributed by atoms with Crippen molar-refractivity contribution in [3.05, 3.63) is 83.2 Å². The van der Waals surface area contributed by atoms with Gasteiger partial charge >= 0.3 is 6.09 Å². The van der Waals surface area contributed by atoms with Gasteiger partial charge < -0.3 is 33.9 Å². The first kappa shape index (κ1) is 30.0. The molecule has 3 aromatic carbocycles. The summed E-state index contributed by atoms with van der Waals surface area (Å²) in [6.07, 6.45) is 0.192. The maximum Gasteiger partial charge on any atom is 0.410 e. The number of piperidine rings is 1. The van der Waals surface area contributed by atoms with E-state index in [1.165, 1.54) is 6.07 Å². The minimum Gasteiger partial charge on any atom is -0.496 e. The van der Waals surface area contributed by atoms with E-state index < -0.39 is 23.4 Å². The third-order valence-electron chi connectivity index (χ3n) is 7.49. The van der Waals surface area contributed by atoms with Crippen molar-refractivity contribution in [3.63, 3.8) is 0 Å². The van der Waals surface area contributed by atoms with Crippen LogP contribution in [0.3, 0.4) is 0 Å². The van der Waals surface area contributed by atoms with Crippen molar-refractivity contribution in [2.75, 3.05) is 33.6 Å². The van der Waals surface area contributed by atoms with Gasteiger partial charge in [0.05, 0.1) is 19.3 Å². The normalized spacial score (nSPS) is 17.7. The number of hydrogen-bond donors (Lipinski definition) is 1. The molecule has 1 N–H and O–H groups in total. The Hall–Kier alpha value is -4.47. The summed E-state index contributed by atoms with van der Waals surface area (Å²) in [6, 6.07) is 17.3. The van der Waals surface area contributed by atoms with E-state index >= 15 is 0 Å². The largest absolute Gasteiger partial charge is 0.496 e. The van der Waals surface area contributed by atoms with Crippen LogP contribution in [0, 0.1) is 11.7 Å². The lowest BCUT2D eigenvalue weighted by Gasteiger charge is -2.39. The Labute approximate surface area is 250 Å². The molecule has 2 aliphatic heterocycles. The maximum atomic E-state index is 15.0. The quantitative estimate of drug-likeness (QED) is 0.347. The number of nitrogens with one attached hydrogen (secondary N) is 1. The van der Waals surface area contributed by atoms with E-state index in [-0.39, 0.29) is 37.3 Å². The first-order chi connectivity index (χ1) is 20.6. The highest BCUT2D eigenvalue weighted by molar-refractivity contribution is 5.94. The van der Waals surface area contributed by atoms with Gasteiger partial charge in [-0.1, -0.05) is 24.3 Å².